The molecule has 0 aromatic heterocycles. The molecule has 0 aromatic carbocycles. The molecule has 0 aliphatic carbocycles. The van der Waals surface area contributed by atoms with Crippen LogP contribution in [0.3, 0.4) is 0 Å². The summed E-state index contributed by atoms with van der Waals surface area (Å²) in [4.78, 5) is 1.49. The van der Waals surface area contributed by atoms with Crippen LogP contribution in [-0.4, -0.2) is 57.6 Å². The van der Waals surface area contributed by atoms with Crippen molar-refractivity contribution in [2.45, 2.75) is 12.3 Å². The lowest BCUT2D eigenvalue weighted by Gasteiger charge is -2.28. The molecule has 1 aliphatic rings. The number of rotatable bonds is 2. The van der Waals surface area contributed by atoms with Crippen molar-refractivity contribution < 1.29 is 22.5 Å². The molecular weight excluding hydrogens is 219 g/mol. The van der Waals surface area contributed by atoms with Crippen LogP contribution in [-0.2, 0) is 10.8 Å². The van der Waals surface area contributed by atoms with E-state index in [0.717, 1.165) is 0 Å². The summed E-state index contributed by atoms with van der Waals surface area (Å²) in [6.07, 6.45) is -6.86. The zero-order chi connectivity index (χ0) is 10.8. The summed E-state index contributed by atoms with van der Waals surface area (Å²) >= 11 is 0. The van der Waals surface area contributed by atoms with E-state index in [1.54, 1.807) is 0 Å². The van der Waals surface area contributed by atoms with Gasteiger partial charge in [-0.1, -0.05) is 0 Å². The number of hydrogen-bond acceptors (Lipinski definition) is 3. The van der Waals surface area contributed by atoms with Gasteiger partial charge in [0.05, 0.1) is 0 Å². The number of hydrogen-bond donors (Lipinski definition) is 1. The number of aliphatic hydroxyl groups is 1. The van der Waals surface area contributed by atoms with Crippen LogP contribution in [0.2, 0.25) is 0 Å². The van der Waals surface area contributed by atoms with Crippen LogP contribution in [0.25, 0.3) is 0 Å². The monoisotopic (exact) mass is 231 g/mol. The number of β-amino-alcohol motifs (C(OH)–C–C–N with tert-alkyl or cyclic N) is 1. The van der Waals surface area contributed by atoms with Crippen LogP contribution in [0.15, 0.2) is 0 Å². The van der Waals surface area contributed by atoms with Crippen LogP contribution >= 0.6 is 0 Å². The van der Waals surface area contributed by atoms with Crippen LogP contribution in [0.5, 0.6) is 0 Å². The summed E-state index contributed by atoms with van der Waals surface area (Å²) < 4.78 is 46.7. The highest BCUT2D eigenvalue weighted by atomic mass is 32.2. The van der Waals surface area contributed by atoms with E-state index in [1.807, 2.05) is 0 Å². The van der Waals surface area contributed by atoms with Gasteiger partial charge in [0.2, 0.25) is 0 Å². The van der Waals surface area contributed by atoms with E-state index in [4.69, 9.17) is 5.11 Å². The zero-order valence-corrected chi connectivity index (χ0v) is 8.27. The molecule has 0 saturated carbocycles. The first-order valence-electron chi connectivity index (χ1n) is 4.21. The van der Waals surface area contributed by atoms with E-state index < -0.39 is 29.6 Å². The molecule has 14 heavy (non-hydrogen) atoms. The van der Waals surface area contributed by atoms with Gasteiger partial charge in [-0.3, -0.25) is 9.11 Å². The van der Waals surface area contributed by atoms with E-state index >= 15 is 0 Å². The van der Waals surface area contributed by atoms with Crippen molar-refractivity contribution >= 4 is 10.8 Å². The van der Waals surface area contributed by atoms with Crippen LogP contribution in [0.4, 0.5) is 13.2 Å². The Kier molecular flexibility index (Phi) is 3.91. The standard InChI is InChI=1S/C7H12F3NO2S/c8-7(9,10)6(12)5-11-1-3-14(13)4-2-11/h6,12H,1-5H2. The van der Waals surface area contributed by atoms with Gasteiger partial charge in [0.15, 0.2) is 6.10 Å². The summed E-state index contributed by atoms with van der Waals surface area (Å²) in [5.74, 6) is 0.787. The first kappa shape index (κ1) is 11.9. The lowest BCUT2D eigenvalue weighted by atomic mass is 10.3. The predicted octanol–water partition coefficient (Wildman–Crippen LogP) is -0.0261. The SMILES string of the molecule is O=S1CCN(CC(O)C(F)(F)F)CC1. The molecule has 1 heterocycles. The molecule has 1 fully saturated rings. The smallest absolute Gasteiger partial charge is 0.382 e. The Bertz CT molecular complexity index is 211. The molecule has 84 valence electrons. The minimum Gasteiger partial charge on any atom is -0.382 e. The largest absolute Gasteiger partial charge is 0.415 e. The second-order valence-corrected chi connectivity index (χ2v) is 4.90. The second kappa shape index (κ2) is 4.59. The summed E-state index contributed by atoms with van der Waals surface area (Å²) in [5.41, 5.74) is 0. The van der Waals surface area contributed by atoms with E-state index in [2.05, 4.69) is 0 Å². The van der Waals surface area contributed by atoms with Crippen LogP contribution in [0.1, 0.15) is 0 Å². The van der Waals surface area contributed by atoms with Gasteiger partial charge in [-0.05, 0) is 0 Å². The molecule has 0 aromatic rings. The maximum absolute atomic E-state index is 11.9. The second-order valence-electron chi connectivity index (χ2n) is 3.21. The summed E-state index contributed by atoms with van der Waals surface area (Å²) in [6.45, 7) is 0.306. The summed E-state index contributed by atoms with van der Waals surface area (Å²) in [5, 5.41) is 8.76. The van der Waals surface area contributed by atoms with Crippen molar-refractivity contribution in [1.29, 1.82) is 0 Å². The van der Waals surface area contributed by atoms with Crippen molar-refractivity contribution in [1.82, 2.24) is 4.90 Å². The number of nitrogens with zero attached hydrogens (tertiary/aromatic N) is 1. The predicted molar refractivity (Wildman–Crippen MR) is 46.4 cm³/mol. The molecule has 3 nitrogen and oxygen atoms in total. The highest BCUT2D eigenvalue weighted by Gasteiger charge is 2.39. The molecule has 1 aliphatic heterocycles. The Balaban J connectivity index is 2.34. The highest BCUT2D eigenvalue weighted by Crippen LogP contribution is 2.20. The Morgan fingerprint density at radius 3 is 2.29 bits per heavy atom. The molecular formula is C7H12F3NO2S. The molecule has 0 radical (unpaired) electrons. The van der Waals surface area contributed by atoms with Crippen LogP contribution < -0.4 is 0 Å². The molecule has 0 amide bonds. The topological polar surface area (TPSA) is 40.5 Å². The van der Waals surface area contributed by atoms with Crippen molar-refractivity contribution in [3.63, 3.8) is 0 Å². The number of alkyl halides is 3. The fraction of sp³-hybridized carbons (Fsp3) is 1.00. The van der Waals surface area contributed by atoms with Gasteiger partial charge >= 0.3 is 6.18 Å². The fourth-order valence-electron chi connectivity index (χ4n) is 1.21. The summed E-state index contributed by atoms with van der Waals surface area (Å²) in [6, 6.07) is 0. The fourth-order valence-corrected chi connectivity index (χ4v) is 2.33. The van der Waals surface area contributed by atoms with Gasteiger partial charge in [-0.25, -0.2) is 0 Å². The first-order valence-corrected chi connectivity index (χ1v) is 5.70. The minimum absolute atomic E-state index is 0.361. The average molecular weight is 231 g/mol. The van der Waals surface area contributed by atoms with Gasteiger partial charge in [0, 0.05) is 41.9 Å². The lowest BCUT2D eigenvalue weighted by molar-refractivity contribution is -0.207. The highest BCUT2D eigenvalue weighted by molar-refractivity contribution is 7.85. The van der Waals surface area contributed by atoms with Crippen molar-refractivity contribution in [3.05, 3.63) is 0 Å². The third-order valence-electron chi connectivity index (χ3n) is 2.08. The molecule has 7 heteroatoms. The van der Waals surface area contributed by atoms with E-state index in [9.17, 15) is 17.4 Å². The molecule has 1 saturated heterocycles. The van der Waals surface area contributed by atoms with Crippen molar-refractivity contribution in [3.8, 4) is 0 Å². The lowest BCUT2D eigenvalue weighted by Crippen LogP contribution is -2.46. The average Bonchev–Trinajstić information content (AvgIpc) is 2.07. The molecule has 1 unspecified atom stereocenters. The van der Waals surface area contributed by atoms with Crippen molar-refractivity contribution in [2.75, 3.05) is 31.1 Å². The third kappa shape index (κ3) is 3.55. The van der Waals surface area contributed by atoms with Crippen molar-refractivity contribution in [2.24, 2.45) is 0 Å². The molecule has 0 bridgehead atoms. The van der Waals surface area contributed by atoms with Gasteiger partial charge in [0.25, 0.3) is 0 Å². The summed E-state index contributed by atoms with van der Waals surface area (Å²) in [7, 11) is -0.901. The Hall–Kier alpha value is -0.140. The Morgan fingerprint density at radius 2 is 1.86 bits per heavy atom. The number of halogens is 3. The van der Waals surface area contributed by atoms with Gasteiger partial charge < -0.3 is 5.11 Å². The Morgan fingerprint density at radius 1 is 1.36 bits per heavy atom. The van der Waals surface area contributed by atoms with Gasteiger partial charge in [0.1, 0.15) is 0 Å². The molecule has 0 spiro atoms. The minimum atomic E-state index is -4.56. The van der Waals surface area contributed by atoms with E-state index in [1.165, 1.54) is 4.90 Å². The number of aliphatic hydroxyl groups excluding tert-OH is 1. The third-order valence-corrected chi connectivity index (χ3v) is 3.36. The van der Waals surface area contributed by atoms with Gasteiger partial charge in [-0.15, -0.1) is 0 Å². The quantitative estimate of drug-likeness (QED) is 0.725. The zero-order valence-electron chi connectivity index (χ0n) is 7.46. The normalized spacial score (nSPS) is 23.7. The maximum atomic E-state index is 11.9. The van der Waals surface area contributed by atoms with Gasteiger partial charge in [-0.2, -0.15) is 13.2 Å². The molecule has 1 rings (SSSR count). The van der Waals surface area contributed by atoms with Crippen LogP contribution in [0, 0.1) is 0 Å². The van der Waals surface area contributed by atoms with E-state index in [0.29, 0.717) is 24.6 Å². The maximum Gasteiger partial charge on any atom is 0.415 e. The molecule has 1 N–H and O–H groups in total. The Labute approximate surface area is 82.3 Å². The molecule has 1 atom stereocenters. The van der Waals surface area contributed by atoms with E-state index in [-0.39, 0.29) is 0 Å². The first-order chi connectivity index (χ1) is 6.39.